The number of urea groups is 1. The van der Waals surface area contributed by atoms with E-state index in [1.54, 1.807) is 7.11 Å². The second-order valence-corrected chi connectivity index (χ2v) is 6.59. The van der Waals surface area contributed by atoms with E-state index >= 15 is 0 Å². The fourth-order valence-electron chi connectivity index (χ4n) is 3.50. The first-order valence-electron chi connectivity index (χ1n) is 8.58. The van der Waals surface area contributed by atoms with Crippen LogP contribution in [0.1, 0.15) is 37.7 Å². The number of hydrogen-bond acceptors (Lipinski definition) is 4. The van der Waals surface area contributed by atoms with Crippen LogP contribution in [0.2, 0.25) is 0 Å². The zero-order valence-corrected chi connectivity index (χ0v) is 14.3. The lowest BCUT2D eigenvalue weighted by molar-refractivity contribution is -0.135. The van der Waals surface area contributed by atoms with Gasteiger partial charge in [0.15, 0.2) is 0 Å². The van der Waals surface area contributed by atoms with Crippen LogP contribution in [-0.4, -0.2) is 41.9 Å². The van der Waals surface area contributed by atoms with Gasteiger partial charge in [-0.05, 0) is 30.5 Å². The van der Waals surface area contributed by atoms with Crippen molar-refractivity contribution in [3.8, 4) is 5.75 Å². The number of carbonyl (C=O) groups excluding carboxylic acids is 3. The lowest BCUT2D eigenvalue weighted by Gasteiger charge is -2.30. The molecule has 3 rings (SSSR count). The van der Waals surface area contributed by atoms with E-state index in [1.807, 2.05) is 24.3 Å². The van der Waals surface area contributed by atoms with Crippen molar-refractivity contribution in [3.63, 3.8) is 0 Å². The fourth-order valence-corrected chi connectivity index (χ4v) is 3.50. The molecule has 2 N–H and O–H groups in total. The molecule has 25 heavy (non-hydrogen) atoms. The largest absolute Gasteiger partial charge is 0.497 e. The molecule has 1 spiro atoms. The minimum Gasteiger partial charge on any atom is -0.497 e. The Morgan fingerprint density at radius 1 is 1.28 bits per heavy atom. The highest BCUT2D eigenvalue weighted by Gasteiger charge is 2.51. The van der Waals surface area contributed by atoms with Crippen molar-refractivity contribution in [2.75, 3.05) is 13.7 Å². The highest BCUT2D eigenvalue weighted by atomic mass is 16.5. The first-order chi connectivity index (χ1) is 12.0. The maximum Gasteiger partial charge on any atom is 0.325 e. The molecule has 4 amide bonds. The van der Waals surface area contributed by atoms with Gasteiger partial charge in [-0.1, -0.05) is 31.4 Å². The average molecular weight is 345 g/mol. The number of imide groups is 1. The van der Waals surface area contributed by atoms with Crippen LogP contribution in [0.3, 0.4) is 0 Å². The first kappa shape index (κ1) is 17.3. The van der Waals surface area contributed by atoms with Crippen LogP contribution < -0.4 is 15.4 Å². The molecule has 1 aliphatic carbocycles. The van der Waals surface area contributed by atoms with Crippen molar-refractivity contribution >= 4 is 17.8 Å². The third-order valence-electron chi connectivity index (χ3n) is 4.88. The Morgan fingerprint density at radius 3 is 2.76 bits per heavy atom. The monoisotopic (exact) mass is 345 g/mol. The van der Waals surface area contributed by atoms with Gasteiger partial charge in [-0.3, -0.25) is 14.5 Å². The normalized spacial score (nSPS) is 19.0. The summed E-state index contributed by atoms with van der Waals surface area (Å²) in [7, 11) is 1.58. The van der Waals surface area contributed by atoms with Crippen molar-refractivity contribution in [3.05, 3.63) is 29.8 Å². The second-order valence-electron chi connectivity index (χ2n) is 6.59. The highest BCUT2D eigenvalue weighted by molar-refractivity contribution is 6.09. The summed E-state index contributed by atoms with van der Waals surface area (Å²) in [5, 5.41) is 5.55. The summed E-state index contributed by atoms with van der Waals surface area (Å²) < 4.78 is 5.14. The zero-order chi connectivity index (χ0) is 17.9. The number of rotatable bonds is 5. The maximum atomic E-state index is 12.6. The number of amides is 4. The van der Waals surface area contributed by atoms with E-state index in [1.165, 1.54) is 0 Å². The van der Waals surface area contributed by atoms with Crippen LogP contribution in [-0.2, 0) is 16.1 Å². The molecule has 7 heteroatoms. The predicted molar refractivity (Wildman–Crippen MR) is 90.9 cm³/mol. The Kier molecular flexibility index (Phi) is 4.92. The zero-order valence-electron chi connectivity index (χ0n) is 14.3. The van der Waals surface area contributed by atoms with Crippen molar-refractivity contribution < 1.29 is 19.1 Å². The van der Waals surface area contributed by atoms with Gasteiger partial charge in [0.2, 0.25) is 5.91 Å². The smallest absolute Gasteiger partial charge is 0.325 e. The van der Waals surface area contributed by atoms with Gasteiger partial charge in [0.05, 0.1) is 7.11 Å². The second kappa shape index (κ2) is 7.13. The number of nitrogens with one attached hydrogen (secondary N) is 2. The van der Waals surface area contributed by atoms with Gasteiger partial charge in [-0.25, -0.2) is 4.79 Å². The molecule has 1 aliphatic heterocycles. The lowest BCUT2D eigenvalue weighted by atomic mass is 9.82. The molecular formula is C18H23N3O4. The third-order valence-corrected chi connectivity index (χ3v) is 4.88. The van der Waals surface area contributed by atoms with Crippen molar-refractivity contribution in [1.82, 2.24) is 15.5 Å². The molecule has 1 aromatic rings. The number of carbonyl (C=O) groups is 3. The van der Waals surface area contributed by atoms with Crippen LogP contribution in [0, 0.1) is 0 Å². The maximum absolute atomic E-state index is 12.6. The molecule has 134 valence electrons. The molecule has 0 aromatic heterocycles. The molecule has 7 nitrogen and oxygen atoms in total. The van der Waals surface area contributed by atoms with E-state index in [2.05, 4.69) is 10.6 Å². The van der Waals surface area contributed by atoms with Crippen LogP contribution in [0.4, 0.5) is 4.79 Å². The van der Waals surface area contributed by atoms with E-state index < -0.39 is 11.6 Å². The van der Waals surface area contributed by atoms with E-state index in [0.717, 1.165) is 29.7 Å². The van der Waals surface area contributed by atoms with Gasteiger partial charge < -0.3 is 15.4 Å². The van der Waals surface area contributed by atoms with E-state index in [4.69, 9.17) is 4.74 Å². The number of methoxy groups -OCH3 is 1. The Hall–Kier alpha value is -2.57. The molecule has 1 saturated heterocycles. The Bertz CT molecular complexity index is 683. The van der Waals surface area contributed by atoms with Crippen LogP contribution in [0.25, 0.3) is 0 Å². The quantitative estimate of drug-likeness (QED) is 0.793. The summed E-state index contributed by atoms with van der Waals surface area (Å²) in [5.74, 6) is 0.0768. The van der Waals surface area contributed by atoms with Crippen molar-refractivity contribution in [2.24, 2.45) is 0 Å². The lowest BCUT2D eigenvalue weighted by Crippen LogP contribution is -2.49. The third kappa shape index (κ3) is 3.60. The SMILES string of the molecule is COc1cccc(CNC(=O)CN2C(=O)NC3(CCCCC3)C2=O)c1. The standard InChI is InChI=1S/C18H23N3O4/c1-25-14-7-5-6-13(10-14)11-19-15(22)12-21-16(23)18(20-17(21)24)8-3-2-4-9-18/h5-7,10H,2-4,8-9,11-12H2,1H3,(H,19,22)(H,20,24). The topological polar surface area (TPSA) is 87.7 Å². The van der Waals surface area contributed by atoms with Crippen molar-refractivity contribution in [1.29, 1.82) is 0 Å². The van der Waals surface area contributed by atoms with Gasteiger partial charge >= 0.3 is 6.03 Å². The molecule has 0 radical (unpaired) electrons. The van der Waals surface area contributed by atoms with Gasteiger partial charge in [0.1, 0.15) is 17.8 Å². The number of benzene rings is 1. The van der Waals surface area contributed by atoms with E-state index in [-0.39, 0.29) is 18.4 Å². The average Bonchev–Trinajstić information content (AvgIpc) is 2.85. The van der Waals surface area contributed by atoms with Crippen LogP contribution >= 0.6 is 0 Å². The molecule has 0 atom stereocenters. The van der Waals surface area contributed by atoms with Crippen molar-refractivity contribution in [2.45, 2.75) is 44.2 Å². The Morgan fingerprint density at radius 2 is 2.04 bits per heavy atom. The highest BCUT2D eigenvalue weighted by Crippen LogP contribution is 2.33. The molecule has 1 saturated carbocycles. The fraction of sp³-hybridized carbons (Fsp3) is 0.500. The summed E-state index contributed by atoms with van der Waals surface area (Å²) in [6.07, 6.45) is 4.22. The number of ether oxygens (including phenoxy) is 1. The van der Waals surface area contributed by atoms with E-state index in [0.29, 0.717) is 25.1 Å². The minimum absolute atomic E-state index is 0.254. The summed E-state index contributed by atoms with van der Waals surface area (Å²) in [5.41, 5.74) is 0.0937. The van der Waals surface area contributed by atoms with Gasteiger partial charge in [-0.2, -0.15) is 0 Å². The molecule has 1 heterocycles. The molecule has 0 unspecified atom stereocenters. The van der Waals surface area contributed by atoms with Crippen LogP contribution in [0.15, 0.2) is 24.3 Å². The summed E-state index contributed by atoms with van der Waals surface area (Å²) in [4.78, 5) is 38.0. The predicted octanol–water partition coefficient (Wildman–Crippen LogP) is 1.57. The minimum atomic E-state index is -0.789. The van der Waals surface area contributed by atoms with Gasteiger partial charge in [-0.15, -0.1) is 0 Å². The molecule has 1 aromatic carbocycles. The first-order valence-corrected chi connectivity index (χ1v) is 8.58. The van der Waals surface area contributed by atoms with Crippen LogP contribution in [0.5, 0.6) is 5.75 Å². The summed E-state index contributed by atoms with van der Waals surface area (Å²) in [6, 6.07) is 6.88. The van der Waals surface area contributed by atoms with E-state index in [9.17, 15) is 14.4 Å². The molecule has 2 aliphatic rings. The molecule has 0 bridgehead atoms. The Labute approximate surface area is 146 Å². The summed E-state index contributed by atoms with van der Waals surface area (Å²) >= 11 is 0. The number of hydrogen-bond donors (Lipinski definition) is 2. The molecular weight excluding hydrogens is 322 g/mol. The van der Waals surface area contributed by atoms with Gasteiger partial charge in [0, 0.05) is 6.54 Å². The molecule has 2 fully saturated rings. The number of nitrogens with zero attached hydrogens (tertiary/aromatic N) is 1. The summed E-state index contributed by atoms with van der Waals surface area (Å²) in [6.45, 7) is 0.0568. The van der Waals surface area contributed by atoms with Gasteiger partial charge in [0.25, 0.3) is 5.91 Å². The Balaban J connectivity index is 1.57.